The average Bonchev–Trinajstić information content (AvgIpc) is 2.34. The van der Waals surface area contributed by atoms with Crippen LogP contribution >= 0.6 is 11.6 Å². The number of halogens is 1. The van der Waals surface area contributed by atoms with Gasteiger partial charge in [-0.25, -0.2) is 4.98 Å². The first-order valence-electron chi connectivity index (χ1n) is 5.33. The highest BCUT2D eigenvalue weighted by molar-refractivity contribution is 6.30. The van der Waals surface area contributed by atoms with Gasteiger partial charge in [0.25, 0.3) is 0 Å². The first kappa shape index (κ1) is 11.7. The monoisotopic (exact) mass is 248 g/mol. The Morgan fingerprint density at radius 3 is 2.53 bits per heavy atom. The Balaban J connectivity index is 1.83. The second-order valence-corrected chi connectivity index (χ2v) is 4.09. The SMILES string of the molecule is Nc1ccc(OCCc2ccc(Cl)cc2)nc1. The maximum Gasteiger partial charge on any atom is 0.213 e. The minimum Gasteiger partial charge on any atom is -0.477 e. The van der Waals surface area contributed by atoms with E-state index in [0.717, 1.165) is 11.4 Å². The topological polar surface area (TPSA) is 48.1 Å². The quantitative estimate of drug-likeness (QED) is 0.905. The van der Waals surface area contributed by atoms with Crippen LogP contribution in [0.2, 0.25) is 5.02 Å². The molecule has 0 aliphatic carbocycles. The summed E-state index contributed by atoms with van der Waals surface area (Å²) in [6, 6.07) is 11.3. The number of nitrogens with zero attached hydrogens (tertiary/aromatic N) is 1. The molecule has 17 heavy (non-hydrogen) atoms. The lowest BCUT2D eigenvalue weighted by molar-refractivity contribution is 0.309. The van der Waals surface area contributed by atoms with Crippen molar-refractivity contribution in [2.45, 2.75) is 6.42 Å². The highest BCUT2D eigenvalue weighted by atomic mass is 35.5. The third kappa shape index (κ3) is 3.64. The molecule has 0 aliphatic heterocycles. The van der Waals surface area contributed by atoms with Crippen LogP contribution in [-0.4, -0.2) is 11.6 Å². The molecule has 3 nitrogen and oxygen atoms in total. The smallest absolute Gasteiger partial charge is 0.213 e. The van der Waals surface area contributed by atoms with Gasteiger partial charge in [0.05, 0.1) is 18.5 Å². The van der Waals surface area contributed by atoms with Gasteiger partial charge in [-0.2, -0.15) is 0 Å². The van der Waals surface area contributed by atoms with E-state index in [9.17, 15) is 0 Å². The van der Waals surface area contributed by atoms with Gasteiger partial charge in [0.1, 0.15) is 0 Å². The van der Waals surface area contributed by atoms with Gasteiger partial charge in [0.15, 0.2) is 0 Å². The molecule has 0 spiro atoms. The molecule has 0 aliphatic rings. The zero-order chi connectivity index (χ0) is 12.1. The van der Waals surface area contributed by atoms with E-state index in [1.54, 1.807) is 18.3 Å². The van der Waals surface area contributed by atoms with Crippen molar-refractivity contribution in [3.05, 3.63) is 53.2 Å². The fourth-order valence-corrected chi connectivity index (χ4v) is 1.53. The van der Waals surface area contributed by atoms with Crippen molar-refractivity contribution < 1.29 is 4.74 Å². The van der Waals surface area contributed by atoms with Gasteiger partial charge in [-0.05, 0) is 23.8 Å². The Labute approximate surface area is 105 Å². The van der Waals surface area contributed by atoms with Gasteiger partial charge in [-0.3, -0.25) is 0 Å². The van der Waals surface area contributed by atoms with E-state index >= 15 is 0 Å². The van der Waals surface area contributed by atoms with Crippen LogP contribution in [0.1, 0.15) is 5.56 Å². The van der Waals surface area contributed by atoms with Crippen LogP contribution in [0.25, 0.3) is 0 Å². The van der Waals surface area contributed by atoms with E-state index in [1.807, 2.05) is 24.3 Å². The van der Waals surface area contributed by atoms with Crippen LogP contribution < -0.4 is 10.5 Å². The Kier molecular flexibility index (Phi) is 3.83. The molecular formula is C13H13ClN2O. The molecule has 0 bridgehead atoms. The summed E-state index contributed by atoms with van der Waals surface area (Å²) >= 11 is 5.80. The predicted molar refractivity (Wildman–Crippen MR) is 69.3 cm³/mol. The zero-order valence-corrected chi connectivity index (χ0v) is 10.0. The molecule has 0 radical (unpaired) electrons. The fraction of sp³-hybridized carbons (Fsp3) is 0.154. The van der Waals surface area contributed by atoms with E-state index < -0.39 is 0 Å². The molecule has 1 aromatic carbocycles. The summed E-state index contributed by atoms with van der Waals surface area (Å²) in [5.74, 6) is 0.591. The van der Waals surface area contributed by atoms with Crippen LogP contribution in [0.15, 0.2) is 42.6 Å². The van der Waals surface area contributed by atoms with Crippen LogP contribution in [0.5, 0.6) is 5.88 Å². The molecule has 0 atom stereocenters. The van der Waals surface area contributed by atoms with Gasteiger partial charge in [0.2, 0.25) is 5.88 Å². The largest absolute Gasteiger partial charge is 0.477 e. The Morgan fingerprint density at radius 2 is 1.88 bits per heavy atom. The number of rotatable bonds is 4. The number of aromatic nitrogens is 1. The molecule has 0 saturated carbocycles. The number of nitrogen functional groups attached to an aromatic ring is 1. The van der Waals surface area contributed by atoms with E-state index in [0.29, 0.717) is 18.2 Å². The van der Waals surface area contributed by atoms with Gasteiger partial charge in [-0.1, -0.05) is 23.7 Å². The molecule has 88 valence electrons. The molecule has 4 heteroatoms. The normalized spacial score (nSPS) is 10.2. The lowest BCUT2D eigenvalue weighted by Gasteiger charge is -2.05. The van der Waals surface area contributed by atoms with Gasteiger partial charge in [0, 0.05) is 17.5 Å². The maximum atomic E-state index is 5.80. The second-order valence-electron chi connectivity index (χ2n) is 3.65. The first-order valence-corrected chi connectivity index (χ1v) is 5.70. The average molecular weight is 249 g/mol. The molecule has 1 heterocycles. The Morgan fingerprint density at radius 1 is 1.12 bits per heavy atom. The van der Waals surface area contributed by atoms with Crippen molar-refractivity contribution >= 4 is 17.3 Å². The van der Waals surface area contributed by atoms with Crippen LogP contribution in [0, 0.1) is 0 Å². The fourth-order valence-electron chi connectivity index (χ4n) is 1.40. The van der Waals surface area contributed by atoms with Crippen LogP contribution in [0.3, 0.4) is 0 Å². The molecule has 2 N–H and O–H groups in total. The summed E-state index contributed by atoms with van der Waals surface area (Å²) in [6.07, 6.45) is 2.40. The lowest BCUT2D eigenvalue weighted by Crippen LogP contribution is -2.02. The number of anilines is 1. The summed E-state index contributed by atoms with van der Waals surface area (Å²) < 4.78 is 5.50. The molecule has 0 saturated heterocycles. The third-order valence-electron chi connectivity index (χ3n) is 2.31. The maximum absolute atomic E-state index is 5.80. The van der Waals surface area contributed by atoms with E-state index in [1.165, 1.54) is 5.56 Å². The lowest BCUT2D eigenvalue weighted by atomic mass is 10.2. The standard InChI is InChI=1S/C13H13ClN2O/c14-11-3-1-10(2-4-11)7-8-17-13-6-5-12(15)9-16-13/h1-6,9H,7-8,15H2. The van der Waals surface area contributed by atoms with Gasteiger partial charge < -0.3 is 10.5 Å². The number of ether oxygens (including phenoxy) is 1. The number of pyridine rings is 1. The highest BCUT2D eigenvalue weighted by Crippen LogP contribution is 2.11. The molecule has 0 fully saturated rings. The highest BCUT2D eigenvalue weighted by Gasteiger charge is 1.97. The summed E-state index contributed by atoms with van der Waals surface area (Å²) in [6.45, 7) is 0.582. The first-order chi connectivity index (χ1) is 8.24. The van der Waals surface area contributed by atoms with Crippen LogP contribution in [-0.2, 0) is 6.42 Å². The Bertz CT molecular complexity index is 422. The predicted octanol–water partition coefficient (Wildman–Crippen LogP) is 2.94. The van der Waals surface area contributed by atoms with Crippen molar-refractivity contribution in [3.63, 3.8) is 0 Å². The third-order valence-corrected chi connectivity index (χ3v) is 2.57. The van der Waals surface area contributed by atoms with Crippen molar-refractivity contribution in [2.24, 2.45) is 0 Å². The molecule has 1 aromatic heterocycles. The van der Waals surface area contributed by atoms with Crippen molar-refractivity contribution in [3.8, 4) is 5.88 Å². The van der Waals surface area contributed by atoms with Crippen molar-refractivity contribution in [2.75, 3.05) is 12.3 Å². The Hall–Kier alpha value is -1.74. The zero-order valence-electron chi connectivity index (χ0n) is 9.27. The van der Waals surface area contributed by atoms with Gasteiger partial charge >= 0.3 is 0 Å². The van der Waals surface area contributed by atoms with Crippen molar-refractivity contribution in [1.82, 2.24) is 4.98 Å². The van der Waals surface area contributed by atoms with E-state index in [4.69, 9.17) is 22.1 Å². The second kappa shape index (κ2) is 5.55. The molecule has 2 aromatic rings. The minimum atomic E-state index is 0.582. The molecule has 0 unspecified atom stereocenters. The van der Waals surface area contributed by atoms with E-state index in [-0.39, 0.29) is 0 Å². The van der Waals surface area contributed by atoms with Crippen LogP contribution in [0.4, 0.5) is 5.69 Å². The summed E-state index contributed by atoms with van der Waals surface area (Å²) in [4.78, 5) is 4.06. The molecule has 2 rings (SSSR count). The summed E-state index contributed by atoms with van der Waals surface area (Å²) in [5, 5.41) is 0.745. The number of nitrogens with two attached hydrogens (primary N) is 1. The molecule has 0 amide bonds. The number of hydrogen-bond acceptors (Lipinski definition) is 3. The summed E-state index contributed by atoms with van der Waals surface area (Å²) in [7, 11) is 0. The van der Waals surface area contributed by atoms with E-state index in [2.05, 4.69) is 4.98 Å². The molecular weight excluding hydrogens is 236 g/mol. The number of benzene rings is 1. The number of hydrogen-bond donors (Lipinski definition) is 1. The van der Waals surface area contributed by atoms with Crippen molar-refractivity contribution in [1.29, 1.82) is 0 Å². The summed E-state index contributed by atoms with van der Waals surface area (Å²) in [5.41, 5.74) is 7.35. The minimum absolute atomic E-state index is 0.582. The van der Waals surface area contributed by atoms with Gasteiger partial charge in [-0.15, -0.1) is 0 Å².